The smallest absolute Gasteiger partial charge is 0.317 e. The van der Waals surface area contributed by atoms with Crippen LogP contribution in [-0.4, -0.2) is 42.8 Å². The summed E-state index contributed by atoms with van der Waals surface area (Å²) in [6.07, 6.45) is 0. The van der Waals surface area contributed by atoms with Gasteiger partial charge in [-0.3, -0.25) is 0 Å². The summed E-state index contributed by atoms with van der Waals surface area (Å²) in [6.45, 7) is 3.86. The van der Waals surface area contributed by atoms with Gasteiger partial charge in [0, 0.05) is 26.7 Å². The third-order valence-electron chi connectivity index (χ3n) is 1.90. The number of rotatable bonds is 3. The van der Waals surface area contributed by atoms with Gasteiger partial charge in [0.25, 0.3) is 0 Å². The highest BCUT2D eigenvalue weighted by atomic mass is 16.3. The van der Waals surface area contributed by atoms with Gasteiger partial charge in [0.1, 0.15) is 0 Å². The van der Waals surface area contributed by atoms with Gasteiger partial charge in [0.05, 0.1) is 0 Å². The zero-order valence-corrected chi connectivity index (χ0v) is 8.16. The van der Waals surface area contributed by atoms with E-state index in [0.29, 0.717) is 0 Å². The summed E-state index contributed by atoms with van der Waals surface area (Å²) in [6, 6.07) is -0.118. The van der Waals surface area contributed by atoms with Gasteiger partial charge in [-0.2, -0.15) is 0 Å². The molecule has 4 nitrogen and oxygen atoms in total. The molecule has 0 saturated carbocycles. The van der Waals surface area contributed by atoms with Gasteiger partial charge >= 0.3 is 6.03 Å². The molecule has 72 valence electrons. The average molecular weight is 174 g/mol. The largest absolute Gasteiger partial charge is 0.396 e. The van der Waals surface area contributed by atoms with Gasteiger partial charge < -0.3 is 15.3 Å². The van der Waals surface area contributed by atoms with Crippen molar-refractivity contribution in [1.82, 2.24) is 10.2 Å². The van der Waals surface area contributed by atoms with Crippen LogP contribution in [0.25, 0.3) is 0 Å². The highest BCUT2D eigenvalue weighted by Crippen LogP contribution is 2.00. The number of urea groups is 1. The summed E-state index contributed by atoms with van der Waals surface area (Å²) in [7, 11) is 3.37. The normalized spacial score (nSPS) is 15.1. The Balaban J connectivity index is 3.83. The number of aliphatic hydroxyl groups is 1. The molecular formula is C8H18N2O2. The molecule has 0 aromatic rings. The van der Waals surface area contributed by atoms with E-state index in [9.17, 15) is 4.79 Å². The van der Waals surface area contributed by atoms with Crippen LogP contribution in [-0.2, 0) is 0 Å². The number of hydrogen-bond donors (Lipinski definition) is 2. The number of nitrogens with one attached hydrogen (secondary N) is 1. The summed E-state index contributed by atoms with van der Waals surface area (Å²) in [5.74, 6) is 0.0916. The van der Waals surface area contributed by atoms with Crippen LogP contribution in [0.5, 0.6) is 0 Å². The van der Waals surface area contributed by atoms with E-state index in [1.165, 1.54) is 4.90 Å². The maximum Gasteiger partial charge on any atom is 0.317 e. The molecule has 0 spiro atoms. The Labute approximate surface area is 73.6 Å². The molecule has 0 rings (SSSR count). The average Bonchev–Trinajstić information content (AvgIpc) is 2.02. The van der Waals surface area contributed by atoms with E-state index in [4.69, 9.17) is 5.11 Å². The van der Waals surface area contributed by atoms with Crippen LogP contribution in [0, 0.1) is 5.92 Å². The summed E-state index contributed by atoms with van der Waals surface area (Å²) in [5, 5.41) is 11.5. The molecule has 2 amide bonds. The van der Waals surface area contributed by atoms with Crippen LogP contribution in [0.2, 0.25) is 0 Å². The highest BCUT2D eigenvalue weighted by molar-refractivity contribution is 5.73. The van der Waals surface area contributed by atoms with E-state index >= 15 is 0 Å². The van der Waals surface area contributed by atoms with Crippen LogP contribution < -0.4 is 5.32 Å². The maximum atomic E-state index is 11.1. The highest BCUT2D eigenvalue weighted by Gasteiger charge is 2.14. The minimum atomic E-state index is -0.122. The molecule has 2 unspecified atom stereocenters. The van der Waals surface area contributed by atoms with Crippen LogP contribution >= 0.6 is 0 Å². The molecule has 2 N–H and O–H groups in total. The monoisotopic (exact) mass is 174 g/mol. The molecule has 0 aliphatic heterocycles. The second kappa shape index (κ2) is 4.98. The van der Waals surface area contributed by atoms with Crippen molar-refractivity contribution in [2.75, 3.05) is 20.7 Å². The minimum absolute atomic E-state index is 0.00454. The third kappa shape index (κ3) is 3.57. The first-order valence-corrected chi connectivity index (χ1v) is 4.07. The van der Waals surface area contributed by atoms with E-state index in [1.54, 1.807) is 14.1 Å². The molecule has 2 atom stereocenters. The van der Waals surface area contributed by atoms with Gasteiger partial charge in [0.15, 0.2) is 0 Å². The minimum Gasteiger partial charge on any atom is -0.396 e. The first kappa shape index (κ1) is 11.2. The lowest BCUT2D eigenvalue weighted by atomic mass is 10.1. The molecule has 0 aliphatic carbocycles. The summed E-state index contributed by atoms with van der Waals surface area (Å²) in [4.78, 5) is 12.6. The van der Waals surface area contributed by atoms with Crippen molar-refractivity contribution < 1.29 is 9.90 Å². The second-order valence-electron chi connectivity index (χ2n) is 3.29. The molecule has 12 heavy (non-hydrogen) atoms. The lowest BCUT2D eigenvalue weighted by Gasteiger charge is -2.21. The van der Waals surface area contributed by atoms with Gasteiger partial charge in [-0.25, -0.2) is 4.79 Å². The summed E-state index contributed by atoms with van der Waals surface area (Å²) < 4.78 is 0. The molecular weight excluding hydrogens is 156 g/mol. The van der Waals surface area contributed by atoms with Crippen molar-refractivity contribution in [2.24, 2.45) is 5.92 Å². The van der Waals surface area contributed by atoms with Crippen molar-refractivity contribution in [1.29, 1.82) is 0 Å². The lowest BCUT2D eigenvalue weighted by Crippen LogP contribution is -2.43. The summed E-state index contributed by atoms with van der Waals surface area (Å²) >= 11 is 0. The molecule has 0 heterocycles. The van der Waals surface area contributed by atoms with Gasteiger partial charge in [0.2, 0.25) is 0 Å². The number of nitrogens with zero attached hydrogens (tertiary/aromatic N) is 1. The van der Waals surface area contributed by atoms with E-state index < -0.39 is 0 Å². The van der Waals surface area contributed by atoms with Crippen LogP contribution in [0.1, 0.15) is 13.8 Å². The number of carbonyl (C=O) groups excluding carboxylic acids is 1. The third-order valence-corrected chi connectivity index (χ3v) is 1.90. The number of carbonyl (C=O) groups is 1. The Hall–Kier alpha value is -0.770. The molecule has 0 bridgehead atoms. The summed E-state index contributed by atoms with van der Waals surface area (Å²) in [5.41, 5.74) is 0. The van der Waals surface area contributed by atoms with E-state index in [2.05, 4.69) is 5.32 Å². The molecule has 0 aromatic heterocycles. The number of amides is 2. The lowest BCUT2D eigenvalue weighted by molar-refractivity contribution is 0.189. The van der Waals surface area contributed by atoms with Gasteiger partial charge in [-0.05, 0) is 12.8 Å². The predicted molar refractivity (Wildman–Crippen MR) is 47.9 cm³/mol. The predicted octanol–water partition coefficient (Wildman–Crippen LogP) is 0.275. The molecule has 4 heteroatoms. The zero-order chi connectivity index (χ0) is 9.72. The zero-order valence-electron chi connectivity index (χ0n) is 8.16. The molecule has 0 fully saturated rings. The number of aliphatic hydroxyl groups excluding tert-OH is 1. The molecule has 0 radical (unpaired) electrons. The first-order valence-electron chi connectivity index (χ1n) is 4.07. The Morgan fingerprint density at radius 3 is 2.33 bits per heavy atom. The van der Waals surface area contributed by atoms with Crippen molar-refractivity contribution >= 4 is 6.03 Å². The molecule has 0 aliphatic rings. The van der Waals surface area contributed by atoms with E-state index in [0.717, 1.165) is 0 Å². The first-order chi connectivity index (χ1) is 5.49. The topological polar surface area (TPSA) is 52.6 Å². The van der Waals surface area contributed by atoms with Crippen molar-refractivity contribution in [3.05, 3.63) is 0 Å². The SMILES string of the molecule is CC(CO)C(C)NC(=O)N(C)C. The van der Waals surface area contributed by atoms with Gasteiger partial charge in [-0.15, -0.1) is 0 Å². The Kier molecular flexibility index (Phi) is 4.66. The van der Waals surface area contributed by atoms with Crippen molar-refractivity contribution in [3.63, 3.8) is 0 Å². The maximum absolute atomic E-state index is 11.1. The van der Waals surface area contributed by atoms with Crippen LogP contribution in [0.4, 0.5) is 4.79 Å². The molecule has 0 saturated heterocycles. The fraction of sp³-hybridized carbons (Fsp3) is 0.875. The fourth-order valence-electron chi connectivity index (χ4n) is 0.624. The quantitative estimate of drug-likeness (QED) is 0.645. The van der Waals surface area contributed by atoms with Crippen LogP contribution in [0.15, 0.2) is 0 Å². The number of hydrogen-bond acceptors (Lipinski definition) is 2. The van der Waals surface area contributed by atoms with Crippen molar-refractivity contribution in [2.45, 2.75) is 19.9 Å². The fourth-order valence-corrected chi connectivity index (χ4v) is 0.624. The Morgan fingerprint density at radius 1 is 1.50 bits per heavy atom. The Morgan fingerprint density at radius 2 is 2.00 bits per heavy atom. The standard InChI is InChI=1S/C8H18N2O2/c1-6(5-11)7(2)9-8(12)10(3)4/h6-7,11H,5H2,1-4H3,(H,9,12). The molecule has 0 aromatic carbocycles. The Bertz CT molecular complexity index is 148. The van der Waals surface area contributed by atoms with E-state index in [1.807, 2.05) is 13.8 Å². The van der Waals surface area contributed by atoms with Gasteiger partial charge in [-0.1, -0.05) is 6.92 Å². The van der Waals surface area contributed by atoms with E-state index in [-0.39, 0.29) is 24.6 Å². The second-order valence-corrected chi connectivity index (χ2v) is 3.29. The van der Waals surface area contributed by atoms with Crippen LogP contribution in [0.3, 0.4) is 0 Å². The van der Waals surface area contributed by atoms with Crippen molar-refractivity contribution in [3.8, 4) is 0 Å².